The fourth-order valence-corrected chi connectivity index (χ4v) is 8.64. The first-order valence-electron chi connectivity index (χ1n) is 22.2. The maximum absolute atomic E-state index is 6.39. The van der Waals surface area contributed by atoms with Crippen molar-refractivity contribution in [1.29, 1.82) is 0 Å². The highest BCUT2D eigenvalue weighted by atomic mass is 16.3. The molecule has 4 heterocycles. The summed E-state index contributed by atoms with van der Waals surface area (Å²) in [4.78, 5) is 10.0. The monoisotopic (exact) mass is 864 g/mol. The Morgan fingerprint density at radius 2 is 0.642 bits per heavy atom. The van der Waals surface area contributed by atoms with Gasteiger partial charge in [0.25, 0.3) is 0 Å². The number of benzene rings is 9. The van der Waals surface area contributed by atoms with Gasteiger partial charge in [0.1, 0.15) is 22.3 Å². The Morgan fingerprint density at radius 1 is 0.313 bits per heavy atom. The molecule has 0 N–H and O–H groups in total. The molecule has 0 aliphatic rings. The lowest BCUT2D eigenvalue weighted by Gasteiger charge is -2.07. The van der Waals surface area contributed by atoms with Gasteiger partial charge in [0.05, 0.1) is 11.4 Å². The molecule has 0 aliphatic carbocycles. The van der Waals surface area contributed by atoms with Crippen LogP contribution in [0.1, 0.15) is 5.56 Å². The van der Waals surface area contributed by atoms with E-state index in [1.165, 1.54) is 5.56 Å². The van der Waals surface area contributed by atoms with Crippen molar-refractivity contribution in [3.63, 3.8) is 0 Å². The summed E-state index contributed by atoms with van der Waals surface area (Å²) in [5.74, 6) is 2.86. The Bertz CT molecular complexity index is 3620. The molecule has 8 heteroatoms. The van der Waals surface area contributed by atoms with Gasteiger partial charge < -0.3 is 8.83 Å². The first-order valence-corrected chi connectivity index (χ1v) is 22.2. The molecule has 0 bridgehead atoms. The largest absolute Gasteiger partial charge is 0.456 e. The van der Waals surface area contributed by atoms with Crippen molar-refractivity contribution in [2.45, 2.75) is 6.92 Å². The standard InChI is InChI=1S/C52H32N6O2.C7H8/c1-5-13-33(14-6-1)49-53-51(35-17-9-3-10-18-35)57(55-49)39-23-27-47-43(31-39)41-29-37(21-25-45(41)59-47)38-22-26-46-42(30-38)44-32-40(24-28-48(44)60-46)58-52(36-19-11-4-12-20-36)54-50(56-58)34-15-7-2-8-16-34;1-7-5-3-2-4-6-7/h1-32H;2-6H,1H3. The van der Waals surface area contributed by atoms with E-state index in [0.29, 0.717) is 11.6 Å². The van der Waals surface area contributed by atoms with E-state index in [9.17, 15) is 0 Å². The van der Waals surface area contributed by atoms with Crippen LogP contribution in [0, 0.1) is 6.92 Å². The molecule has 13 aromatic rings. The molecular weight excluding hydrogens is 825 g/mol. The maximum Gasteiger partial charge on any atom is 0.182 e. The van der Waals surface area contributed by atoms with Gasteiger partial charge in [-0.15, -0.1) is 10.2 Å². The van der Waals surface area contributed by atoms with Crippen LogP contribution in [0.2, 0.25) is 0 Å². The highest BCUT2D eigenvalue weighted by molar-refractivity contribution is 6.09. The van der Waals surface area contributed by atoms with E-state index in [-0.39, 0.29) is 0 Å². The third-order valence-corrected chi connectivity index (χ3v) is 12.0. The average Bonchev–Trinajstić information content (AvgIpc) is 4.21. The van der Waals surface area contributed by atoms with Crippen molar-refractivity contribution < 1.29 is 8.83 Å². The Morgan fingerprint density at radius 3 is 1.00 bits per heavy atom. The summed E-state index contributed by atoms with van der Waals surface area (Å²) >= 11 is 0. The molecule has 0 fully saturated rings. The molecule has 0 saturated carbocycles. The molecule has 9 aromatic carbocycles. The second-order valence-corrected chi connectivity index (χ2v) is 16.4. The average molecular weight is 865 g/mol. The number of rotatable bonds is 7. The van der Waals surface area contributed by atoms with E-state index < -0.39 is 0 Å². The molecule has 318 valence electrons. The molecule has 67 heavy (non-hydrogen) atoms. The van der Waals surface area contributed by atoms with Gasteiger partial charge in [0.15, 0.2) is 23.3 Å². The molecule has 0 unspecified atom stereocenters. The van der Waals surface area contributed by atoms with Crippen molar-refractivity contribution in [1.82, 2.24) is 29.5 Å². The highest BCUT2D eigenvalue weighted by Crippen LogP contribution is 2.38. The lowest BCUT2D eigenvalue weighted by atomic mass is 10.0. The normalized spacial score (nSPS) is 11.4. The van der Waals surface area contributed by atoms with Crippen LogP contribution in [0.3, 0.4) is 0 Å². The van der Waals surface area contributed by atoms with Crippen molar-refractivity contribution >= 4 is 43.9 Å². The van der Waals surface area contributed by atoms with Crippen LogP contribution < -0.4 is 0 Å². The highest BCUT2D eigenvalue weighted by Gasteiger charge is 2.19. The molecule has 0 aliphatic heterocycles. The van der Waals surface area contributed by atoms with E-state index in [4.69, 9.17) is 29.0 Å². The molecule has 0 spiro atoms. The summed E-state index contributed by atoms with van der Waals surface area (Å²) in [6, 6.07) is 75.9. The number of nitrogens with zero attached hydrogens (tertiary/aromatic N) is 6. The molecule has 4 aromatic heterocycles. The zero-order valence-corrected chi connectivity index (χ0v) is 36.4. The quantitative estimate of drug-likeness (QED) is 0.159. The minimum Gasteiger partial charge on any atom is -0.456 e. The number of fused-ring (bicyclic) bond motifs is 6. The zero-order valence-electron chi connectivity index (χ0n) is 36.4. The Labute approximate surface area is 385 Å². The van der Waals surface area contributed by atoms with Crippen LogP contribution in [0.25, 0.3) is 112 Å². The van der Waals surface area contributed by atoms with Crippen molar-refractivity contribution in [2.75, 3.05) is 0 Å². The van der Waals surface area contributed by atoms with E-state index in [1.54, 1.807) is 0 Å². The van der Waals surface area contributed by atoms with Gasteiger partial charge in [-0.05, 0) is 78.7 Å². The van der Waals surface area contributed by atoms with E-state index in [2.05, 4.69) is 91.9 Å². The summed E-state index contributed by atoms with van der Waals surface area (Å²) in [7, 11) is 0. The van der Waals surface area contributed by atoms with E-state index in [1.807, 2.05) is 149 Å². The summed E-state index contributed by atoms with van der Waals surface area (Å²) in [5.41, 5.74) is 12.4. The number of aryl methyl sites for hydroxylation is 1. The first-order chi connectivity index (χ1) is 33.1. The number of hydrogen-bond donors (Lipinski definition) is 0. The van der Waals surface area contributed by atoms with E-state index in [0.717, 1.165) is 100 Å². The Kier molecular flexibility index (Phi) is 9.87. The molecule has 0 amide bonds. The smallest absolute Gasteiger partial charge is 0.182 e. The summed E-state index contributed by atoms with van der Waals surface area (Å²) in [6.45, 7) is 2.08. The van der Waals surface area contributed by atoms with Crippen LogP contribution in [0.15, 0.2) is 233 Å². The lowest BCUT2D eigenvalue weighted by molar-refractivity contribution is 0.668. The van der Waals surface area contributed by atoms with Crippen molar-refractivity contribution in [3.05, 3.63) is 230 Å². The Hall–Kier alpha value is -9.14. The van der Waals surface area contributed by atoms with Gasteiger partial charge in [0, 0.05) is 43.8 Å². The zero-order chi connectivity index (χ0) is 44.7. The summed E-state index contributed by atoms with van der Waals surface area (Å²) in [5, 5.41) is 14.1. The second kappa shape index (κ2) is 16.8. The Balaban J connectivity index is 0.000000616. The van der Waals surface area contributed by atoms with Crippen molar-refractivity contribution in [3.8, 4) is 68.1 Å². The minimum absolute atomic E-state index is 0.665. The first kappa shape index (κ1) is 39.5. The topological polar surface area (TPSA) is 87.7 Å². The third kappa shape index (κ3) is 7.52. The van der Waals surface area contributed by atoms with Crippen molar-refractivity contribution in [2.24, 2.45) is 0 Å². The van der Waals surface area contributed by atoms with Crippen LogP contribution >= 0.6 is 0 Å². The molecule has 0 radical (unpaired) electrons. The fourth-order valence-electron chi connectivity index (χ4n) is 8.64. The number of hydrogen-bond acceptors (Lipinski definition) is 6. The van der Waals surface area contributed by atoms with Gasteiger partial charge in [-0.1, -0.05) is 169 Å². The predicted molar refractivity (Wildman–Crippen MR) is 269 cm³/mol. The van der Waals surface area contributed by atoms with Gasteiger partial charge in [-0.25, -0.2) is 19.3 Å². The van der Waals surface area contributed by atoms with E-state index >= 15 is 0 Å². The molecule has 8 nitrogen and oxygen atoms in total. The SMILES string of the molecule is Cc1ccccc1.c1ccc(-c2nc(-c3ccccc3)n(-c3ccc4oc5ccc(-c6ccc7oc8ccc(-n9nc(-c%10ccccc%10)nc9-c9ccccc9)cc8c7c6)cc5c4c3)n2)cc1. The fraction of sp³-hybridized carbons (Fsp3) is 0.0169. The summed E-state index contributed by atoms with van der Waals surface area (Å²) in [6.07, 6.45) is 0. The van der Waals surface area contributed by atoms with Gasteiger partial charge in [-0.3, -0.25) is 0 Å². The number of aromatic nitrogens is 6. The van der Waals surface area contributed by atoms with Gasteiger partial charge >= 0.3 is 0 Å². The second-order valence-electron chi connectivity index (χ2n) is 16.4. The maximum atomic E-state index is 6.39. The number of furan rings is 2. The third-order valence-electron chi connectivity index (χ3n) is 12.0. The predicted octanol–water partition coefficient (Wildman–Crippen LogP) is 15.0. The molecule has 0 saturated heterocycles. The van der Waals surface area contributed by atoms with Gasteiger partial charge in [-0.2, -0.15) is 0 Å². The lowest BCUT2D eigenvalue weighted by Crippen LogP contribution is -1.99. The molecular formula is C59H40N6O2. The van der Waals surface area contributed by atoms with Crippen LogP contribution in [-0.2, 0) is 0 Å². The van der Waals surface area contributed by atoms with Crippen LogP contribution in [0.5, 0.6) is 0 Å². The molecule has 13 rings (SSSR count). The van der Waals surface area contributed by atoms with Crippen LogP contribution in [-0.4, -0.2) is 29.5 Å². The van der Waals surface area contributed by atoms with Gasteiger partial charge in [0.2, 0.25) is 0 Å². The minimum atomic E-state index is 0.665. The molecule has 0 atom stereocenters. The van der Waals surface area contributed by atoms with Crippen LogP contribution in [0.4, 0.5) is 0 Å². The summed E-state index contributed by atoms with van der Waals surface area (Å²) < 4.78 is 16.6.